The van der Waals surface area contributed by atoms with E-state index in [1.807, 2.05) is 6.92 Å². The SMILES string of the molecule is CCN1CCC[C@@H](Nc2nnc(-c3ccc(C(F)(F)F)cc3O)c(C(F)(F)F)n2)C1. The van der Waals surface area contributed by atoms with Crippen molar-refractivity contribution in [2.24, 2.45) is 0 Å². The van der Waals surface area contributed by atoms with Crippen LogP contribution < -0.4 is 5.32 Å². The van der Waals surface area contributed by atoms with E-state index < -0.39 is 40.6 Å². The summed E-state index contributed by atoms with van der Waals surface area (Å²) in [4.78, 5) is 5.65. The molecule has 0 aliphatic carbocycles. The van der Waals surface area contributed by atoms with Crippen molar-refractivity contribution >= 4 is 5.95 Å². The number of aromatic hydroxyl groups is 1. The number of nitrogens with zero attached hydrogens (tertiary/aromatic N) is 4. The smallest absolute Gasteiger partial charge is 0.435 e. The molecule has 0 amide bonds. The molecule has 6 nitrogen and oxygen atoms in total. The molecule has 1 aromatic heterocycles. The average molecular weight is 435 g/mol. The molecule has 1 saturated heterocycles. The van der Waals surface area contributed by atoms with Gasteiger partial charge in [-0.1, -0.05) is 6.92 Å². The van der Waals surface area contributed by atoms with E-state index in [2.05, 4.69) is 25.4 Å². The Balaban J connectivity index is 1.94. The van der Waals surface area contributed by atoms with Crippen molar-refractivity contribution in [1.82, 2.24) is 20.1 Å². The molecule has 0 radical (unpaired) electrons. The monoisotopic (exact) mass is 435 g/mol. The second-order valence-corrected chi connectivity index (χ2v) is 6.94. The van der Waals surface area contributed by atoms with Crippen LogP contribution in [0.5, 0.6) is 5.75 Å². The van der Waals surface area contributed by atoms with Crippen molar-refractivity contribution in [3.8, 4) is 17.0 Å². The number of nitrogens with one attached hydrogen (secondary N) is 1. The molecule has 0 unspecified atom stereocenters. The van der Waals surface area contributed by atoms with Gasteiger partial charge in [-0.2, -0.15) is 26.3 Å². The van der Waals surface area contributed by atoms with Gasteiger partial charge >= 0.3 is 12.4 Å². The fraction of sp³-hybridized carbons (Fsp3) is 0.500. The Bertz CT molecular complexity index is 902. The molecule has 0 bridgehead atoms. The molecule has 1 fully saturated rings. The highest BCUT2D eigenvalue weighted by Gasteiger charge is 2.39. The van der Waals surface area contributed by atoms with E-state index in [4.69, 9.17) is 0 Å². The van der Waals surface area contributed by atoms with Crippen molar-refractivity contribution in [1.29, 1.82) is 0 Å². The highest BCUT2D eigenvalue weighted by molar-refractivity contribution is 5.69. The minimum atomic E-state index is -4.96. The fourth-order valence-corrected chi connectivity index (χ4v) is 3.32. The van der Waals surface area contributed by atoms with Crippen molar-refractivity contribution in [3.05, 3.63) is 29.5 Å². The van der Waals surface area contributed by atoms with E-state index in [1.165, 1.54) is 0 Å². The van der Waals surface area contributed by atoms with Gasteiger partial charge in [0.05, 0.1) is 5.56 Å². The van der Waals surface area contributed by atoms with Gasteiger partial charge in [0.1, 0.15) is 11.4 Å². The van der Waals surface area contributed by atoms with Crippen LogP contribution in [0.4, 0.5) is 32.3 Å². The van der Waals surface area contributed by atoms with Crippen LogP contribution in [0.3, 0.4) is 0 Å². The van der Waals surface area contributed by atoms with Crippen LogP contribution in [0.2, 0.25) is 0 Å². The minimum Gasteiger partial charge on any atom is -0.507 e. The second-order valence-electron chi connectivity index (χ2n) is 6.94. The molecule has 2 aromatic rings. The summed E-state index contributed by atoms with van der Waals surface area (Å²) >= 11 is 0. The first-order chi connectivity index (χ1) is 14.0. The standard InChI is InChI=1S/C18H19F6N5O/c1-2-29-7-3-4-11(9-29)25-16-26-15(18(22,23)24)14(27-28-16)12-6-5-10(8-13(12)30)17(19,20)21/h5-6,8,11,30H,2-4,7,9H2,1H3,(H,25,26,28)/t11-/m1/s1. The molecule has 30 heavy (non-hydrogen) atoms. The van der Waals surface area contributed by atoms with E-state index in [9.17, 15) is 31.4 Å². The Labute approximate surface area is 167 Å². The number of benzene rings is 1. The van der Waals surface area contributed by atoms with Gasteiger partial charge in [0, 0.05) is 18.2 Å². The molecule has 1 aliphatic heterocycles. The largest absolute Gasteiger partial charge is 0.507 e. The van der Waals surface area contributed by atoms with Crippen LogP contribution in [-0.2, 0) is 12.4 Å². The number of aromatic nitrogens is 3. The lowest BCUT2D eigenvalue weighted by molar-refractivity contribution is -0.141. The maximum Gasteiger partial charge on any atom is 0.435 e. The van der Waals surface area contributed by atoms with Crippen LogP contribution in [0.25, 0.3) is 11.3 Å². The number of hydrogen-bond donors (Lipinski definition) is 2. The number of alkyl halides is 6. The summed E-state index contributed by atoms with van der Waals surface area (Å²) in [5.74, 6) is -1.33. The average Bonchev–Trinajstić information content (AvgIpc) is 2.67. The predicted octanol–water partition coefficient (Wildman–Crippen LogP) is 4.18. The summed E-state index contributed by atoms with van der Waals surface area (Å²) in [6, 6.07) is 1.45. The Morgan fingerprint density at radius 3 is 2.47 bits per heavy atom. The number of rotatable bonds is 4. The van der Waals surface area contributed by atoms with E-state index in [0.29, 0.717) is 24.7 Å². The summed E-state index contributed by atoms with van der Waals surface area (Å²) in [7, 11) is 0. The van der Waals surface area contributed by atoms with Gasteiger partial charge in [0.2, 0.25) is 5.95 Å². The fourth-order valence-electron chi connectivity index (χ4n) is 3.32. The molecule has 0 spiro atoms. The number of anilines is 1. The van der Waals surface area contributed by atoms with Crippen molar-refractivity contribution in [3.63, 3.8) is 0 Å². The van der Waals surface area contributed by atoms with E-state index >= 15 is 0 Å². The third kappa shape index (κ3) is 4.91. The molecule has 1 atom stereocenters. The quantitative estimate of drug-likeness (QED) is 0.702. The predicted molar refractivity (Wildman–Crippen MR) is 95.7 cm³/mol. The van der Waals surface area contributed by atoms with Crippen LogP contribution in [0.1, 0.15) is 31.0 Å². The van der Waals surface area contributed by atoms with Gasteiger partial charge in [-0.15, -0.1) is 10.2 Å². The van der Waals surface area contributed by atoms with E-state index in [1.54, 1.807) is 0 Å². The van der Waals surface area contributed by atoms with Crippen LogP contribution >= 0.6 is 0 Å². The highest BCUT2D eigenvalue weighted by Crippen LogP contribution is 2.40. The minimum absolute atomic E-state index is 0.160. The zero-order valence-electron chi connectivity index (χ0n) is 15.8. The Hall–Kier alpha value is -2.63. The van der Waals surface area contributed by atoms with Gasteiger partial charge in [0.15, 0.2) is 5.69 Å². The maximum atomic E-state index is 13.6. The zero-order valence-corrected chi connectivity index (χ0v) is 15.8. The highest BCUT2D eigenvalue weighted by atomic mass is 19.4. The number of piperidine rings is 1. The van der Waals surface area contributed by atoms with Gasteiger partial charge in [-0.05, 0) is 44.1 Å². The Morgan fingerprint density at radius 1 is 1.13 bits per heavy atom. The van der Waals surface area contributed by atoms with Crippen LogP contribution in [0.15, 0.2) is 18.2 Å². The number of halogens is 6. The summed E-state index contributed by atoms with van der Waals surface area (Å²) < 4.78 is 79.0. The van der Waals surface area contributed by atoms with Crippen molar-refractivity contribution in [2.45, 2.75) is 38.2 Å². The molecule has 12 heteroatoms. The number of likely N-dealkylation sites (tertiary alicyclic amines) is 1. The lowest BCUT2D eigenvalue weighted by Gasteiger charge is -2.32. The summed E-state index contributed by atoms with van der Waals surface area (Å²) in [5.41, 5.74) is -4.04. The molecule has 2 N–H and O–H groups in total. The zero-order chi connectivity index (χ0) is 22.1. The maximum absolute atomic E-state index is 13.6. The third-order valence-corrected chi connectivity index (χ3v) is 4.82. The molecule has 2 heterocycles. The number of hydrogen-bond acceptors (Lipinski definition) is 6. The second kappa shape index (κ2) is 8.25. The van der Waals surface area contributed by atoms with Gasteiger partial charge in [-0.25, -0.2) is 4.98 Å². The number of phenolic OH excluding ortho intramolecular Hbond substituents is 1. The van der Waals surface area contributed by atoms with Crippen LogP contribution in [-0.4, -0.2) is 50.9 Å². The normalized spacial score (nSPS) is 18.4. The molecule has 1 aromatic carbocycles. The topological polar surface area (TPSA) is 74.2 Å². The molecular formula is C18H19F6N5O. The first-order valence-corrected chi connectivity index (χ1v) is 9.20. The molecule has 3 rings (SSSR count). The van der Waals surface area contributed by atoms with Gasteiger partial charge in [0.25, 0.3) is 0 Å². The molecule has 164 valence electrons. The number of phenols is 1. The number of likely N-dealkylation sites (N-methyl/N-ethyl adjacent to an activating group) is 1. The lowest BCUT2D eigenvalue weighted by atomic mass is 10.0. The third-order valence-electron chi connectivity index (χ3n) is 4.82. The van der Waals surface area contributed by atoms with Crippen molar-refractivity contribution in [2.75, 3.05) is 25.0 Å². The van der Waals surface area contributed by atoms with Crippen molar-refractivity contribution < 1.29 is 31.4 Å². The summed E-state index contributed by atoms with van der Waals surface area (Å²) in [6.07, 6.45) is -8.13. The first-order valence-electron chi connectivity index (χ1n) is 9.20. The molecule has 0 saturated carbocycles. The molecule has 1 aliphatic rings. The van der Waals surface area contributed by atoms with Crippen LogP contribution in [0, 0.1) is 0 Å². The Kier molecular flexibility index (Phi) is 6.06. The summed E-state index contributed by atoms with van der Waals surface area (Å²) in [6.45, 7) is 4.29. The van der Waals surface area contributed by atoms with Gasteiger partial charge in [-0.3, -0.25) is 0 Å². The Morgan fingerprint density at radius 2 is 1.87 bits per heavy atom. The van der Waals surface area contributed by atoms with E-state index in [-0.39, 0.29) is 12.0 Å². The summed E-state index contributed by atoms with van der Waals surface area (Å²) in [5, 5.41) is 19.9. The first kappa shape index (κ1) is 22.1. The lowest BCUT2D eigenvalue weighted by Crippen LogP contribution is -2.42. The molecular weight excluding hydrogens is 416 g/mol. The van der Waals surface area contributed by atoms with E-state index in [0.717, 1.165) is 25.9 Å². The van der Waals surface area contributed by atoms with Gasteiger partial charge < -0.3 is 15.3 Å².